The first kappa shape index (κ1) is 14.8. The van der Waals surface area contributed by atoms with Crippen LogP contribution in [0.4, 0.5) is 0 Å². The molecule has 0 radical (unpaired) electrons. The fourth-order valence-electron chi connectivity index (χ4n) is 3.21. The third kappa shape index (κ3) is 3.54. The van der Waals surface area contributed by atoms with Crippen molar-refractivity contribution in [2.75, 3.05) is 0 Å². The Balaban J connectivity index is 1.62. The Labute approximate surface area is 130 Å². The molecule has 1 saturated carbocycles. The first-order valence-electron chi connectivity index (χ1n) is 8.09. The average molecular weight is 304 g/mol. The highest BCUT2D eigenvalue weighted by atomic mass is 32.1. The predicted molar refractivity (Wildman–Crippen MR) is 88.0 cm³/mol. The number of carbonyl (C=O) groups excluding carboxylic acids is 1. The topological polar surface area (TPSA) is 41.5 Å². The SMILES string of the molecule is CC1CCC(=NNC(=O)c2cc3c(s2)CC[C@H](C)C3)CC1. The van der Waals surface area contributed by atoms with Crippen LogP contribution in [0.1, 0.15) is 66.1 Å². The van der Waals surface area contributed by atoms with Crippen molar-refractivity contribution >= 4 is 23.0 Å². The molecule has 21 heavy (non-hydrogen) atoms. The molecule has 1 heterocycles. The Kier molecular flexibility index (Phi) is 4.43. The molecule has 3 rings (SSSR count). The number of rotatable bonds is 2. The van der Waals surface area contributed by atoms with E-state index in [9.17, 15) is 4.79 Å². The van der Waals surface area contributed by atoms with E-state index in [1.165, 1.54) is 29.7 Å². The summed E-state index contributed by atoms with van der Waals surface area (Å²) in [6.45, 7) is 4.57. The van der Waals surface area contributed by atoms with Gasteiger partial charge in [-0.15, -0.1) is 11.3 Å². The van der Waals surface area contributed by atoms with E-state index in [2.05, 4.69) is 30.4 Å². The lowest BCUT2D eigenvalue weighted by Gasteiger charge is -2.18. The monoisotopic (exact) mass is 304 g/mol. The minimum atomic E-state index is -0.0341. The van der Waals surface area contributed by atoms with Crippen LogP contribution in [-0.2, 0) is 12.8 Å². The molecule has 0 saturated heterocycles. The van der Waals surface area contributed by atoms with Crippen molar-refractivity contribution in [1.29, 1.82) is 0 Å². The van der Waals surface area contributed by atoms with Crippen molar-refractivity contribution < 1.29 is 4.79 Å². The number of thiophene rings is 1. The van der Waals surface area contributed by atoms with Gasteiger partial charge in [0.2, 0.25) is 0 Å². The quantitative estimate of drug-likeness (QED) is 0.819. The average Bonchev–Trinajstić information content (AvgIpc) is 2.89. The van der Waals surface area contributed by atoms with E-state index in [0.717, 1.165) is 48.1 Å². The van der Waals surface area contributed by atoms with Crippen LogP contribution in [0.15, 0.2) is 11.2 Å². The number of hydrogen-bond acceptors (Lipinski definition) is 3. The number of hydrazone groups is 1. The van der Waals surface area contributed by atoms with Crippen LogP contribution >= 0.6 is 11.3 Å². The van der Waals surface area contributed by atoms with E-state index in [4.69, 9.17) is 0 Å². The zero-order valence-corrected chi connectivity index (χ0v) is 13.8. The summed E-state index contributed by atoms with van der Waals surface area (Å²) in [7, 11) is 0. The number of carbonyl (C=O) groups is 1. The first-order chi connectivity index (χ1) is 10.1. The fraction of sp³-hybridized carbons (Fsp3) is 0.647. The van der Waals surface area contributed by atoms with Gasteiger partial charge in [0, 0.05) is 10.6 Å². The van der Waals surface area contributed by atoms with Crippen molar-refractivity contribution in [3.8, 4) is 0 Å². The van der Waals surface area contributed by atoms with Crippen LogP contribution in [0, 0.1) is 11.8 Å². The van der Waals surface area contributed by atoms with Crippen LogP contribution < -0.4 is 5.43 Å². The molecule has 1 atom stereocenters. The van der Waals surface area contributed by atoms with Crippen molar-refractivity contribution in [2.24, 2.45) is 16.9 Å². The maximum absolute atomic E-state index is 12.2. The lowest BCUT2D eigenvalue weighted by Crippen LogP contribution is -2.21. The van der Waals surface area contributed by atoms with Gasteiger partial charge >= 0.3 is 0 Å². The lowest BCUT2D eigenvalue weighted by atomic mass is 9.89. The zero-order chi connectivity index (χ0) is 14.8. The van der Waals surface area contributed by atoms with Crippen LogP contribution in [0.2, 0.25) is 0 Å². The highest BCUT2D eigenvalue weighted by molar-refractivity contribution is 7.14. The van der Waals surface area contributed by atoms with Gasteiger partial charge in [-0.2, -0.15) is 5.10 Å². The molecule has 2 aliphatic rings. The molecule has 1 fully saturated rings. The number of hydrogen-bond donors (Lipinski definition) is 1. The highest BCUT2D eigenvalue weighted by Gasteiger charge is 2.21. The third-order valence-corrected chi connectivity index (χ3v) is 5.96. The van der Waals surface area contributed by atoms with Crippen molar-refractivity contribution in [1.82, 2.24) is 5.43 Å². The number of aryl methyl sites for hydroxylation is 1. The Bertz CT molecular complexity index is 551. The molecule has 0 aliphatic heterocycles. The standard InChI is InChI=1S/C17H24N2OS/c1-11-3-6-14(7-4-11)18-19-17(20)16-10-13-9-12(2)5-8-15(13)21-16/h10-12H,3-9H2,1-2H3,(H,19,20)/t11?,12-/m0/s1. The summed E-state index contributed by atoms with van der Waals surface area (Å²) in [4.78, 5) is 14.5. The molecular formula is C17H24N2OS. The van der Waals surface area contributed by atoms with Crippen LogP contribution in [0.3, 0.4) is 0 Å². The predicted octanol–water partition coefficient (Wildman–Crippen LogP) is 4.17. The Morgan fingerprint density at radius 1 is 1.19 bits per heavy atom. The maximum atomic E-state index is 12.2. The Hall–Kier alpha value is -1.16. The van der Waals surface area contributed by atoms with Gasteiger partial charge in [0.15, 0.2) is 0 Å². The molecule has 1 aromatic rings. The second kappa shape index (κ2) is 6.30. The smallest absolute Gasteiger partial charge is 0.266 e. The molecule has 0 bridgehead atoms. The van der Waals surface area contributed by atoms with Gasteiger partial charge in [0.1, 0.15) is 0 Å². The number of amides is 1. The molecule has 0 aromatic carbocycles. The first-order valence-corrected chi connectivity index (χ1v) is 8.91. The molecule has 1 amide bonds. The van der Waals surface area contributed by atoms with Crippen molar-refractivity contribution in [3.63, 3.8) is 0 Å². The summed E-state index contributed by atoms with van der Waals surface area (Å²) < 4.78 is 0. The van der Waals surface area contributed by atoms with Crippen LogP contribution in [0.25, 0.3) is 0 Å². The summed E-state index contributed by atoms with van der Waals surface area (Å²) in [5, 5.41) is 4.34. The highest BCUT2D eigenvalue weighted by Crippen LogP contribution is 2.32. The molecule has 4 heteroatoms. The largest absolute Gasteiger partial charge is 0.281 e. The molecule has 1 aromatic heterocycles. The molecular weight excluding hydrogens is 280 g/mol. The van der Waals surface area contributed by atoms with Crippen LogP contribution in [0.5, 0.6) is 0 Å². The van der Waals surface area contributed by atoms with E-state index in [1.807, 2.05) is 0 Å². The van der Waals surface area contributed by atoms with Gasteiger partial charge in [-0.25, -0.2) is 5.43 Å². The van der Waals surface area contributed by atoms with E-state index >= 15 is 0 Å². The minimum absolute atomic E-state index is 0.0341. The van der Waals surface area contributed by atoms with Gasteiger partial charge in [0.05, 0.1) is 4.88 Å². The summed E-state index contributed by atoms with van der Waals surface area (Å²) in [5.41, 5.74) is 5.29. The molecule has 3 nitrogen and oxygen atoms in total. The van der Waals surface area contributed by atoms with Crippen molar-refractivity contribution in [2.45, 2.75) is 58.8 Å². The third-order valence-electron chi connectivity index (χ3n) is 4.72. The van der Waals surface area contributed by atoms with Gasteiger partial charge in [0.25, 0.3) is 5.91 Å². The number of fused-ring (bicyclic) bond motifs is 1. The minimum Gasteiger partial charge on any atom is -0.266 e. The molecule has 1 N–H and O–H groups in total. The molecule has 0 spiro atoms. The lowest BCUT2D eigenvalue weighted by molar-refractivity contribution is 0.0958. The molecule has 2 aliphatic carbocycles. The fourth-order valence-corrected chi connectivity index (χ4v) is 4.31. The molecule has 0 unspecified atom stereocenters. The van der Waals surface area contributed by atoms with E-state index < -0.39 is 0 Å². The van der Waals surface area contributed by atoms with Gasteiger partial charge in [-0.3, -0.25) is 4.79 Å². The summed E-state index contributed by atoms with van der Waals surface area (Å²) in [5.74, 6) is 1.51. The van der Waals surface area contributed by atoms with E-state index in [0.29, 0.717) is 0 Å². The Morgan fingerprint density at radius 2 is 1.90 bits per heavy atom. The summed E-state index contributed by atoms with van der Waals surface area (Å²) >= 11 is 1.65. The van der Waals surface area contributed by atoms with Crippen molar-refractivity contribution in [3.05, 3.63) is 21.4 Å². The van der Waals surface area contributed by atoms with Gasteiger partial charge < -0.3 is 0 Å². The van der Waals surface area contributed by atoms with Gasteiger partial charge in [-0.05, 0) is 68.4 Å². The Morgan fingerprint density at radius 3 is 2.67 bits per heavy atom. The van der Waals surface area contributed by atoms with Crippen LogP contribution in [-0.4, -0.2) is 11.6 Å². The summed E-state index contributed by atoms with van der Waals surface area (Å²) in [6.07, 6.45) is 7.93. The normalized spacial score (nSPS) is 25.3. The van der Waals surface area contributed by atoms with E-state index in [-0.39, 0.29) is 5.91 Å². The van der Waals surface area contributed by atoms with E-state index in [1.54, 1.807) is 11.3 Å². The second-order valence-corrected chi connectivity index (χ2v) is 7.85. The number of nitrogens with one attached hydrogen (secondary N) is 1. The second-order valence-electron chi connectivity index (χ2n) is 6.71. The zero-order valence-electron chi connectivity index (χ0n) is 12.9. The molecule has 114 valence electrons. The summed E-state index contributed by atoms with van der Waals surface area (Å²) in [6, 6.07) is 2.08. The number of nitrogens with zero attached hydrogens (tertiary/aromatic N) is 1. The maximum Gasteiger partial charge on any atom is 0.281 e. The van der Waals surface area contributed by atoms with Gasteiger partial charge in [-0.1, -0.05) is 13.8 Å².